The summed E-state index contributed by atoms with van der Waals surface area (Å²) in [5, 5.41) is 6.00. The fourth-order valence-corrected chi connectivity index (χ4v) is 2.38. The molecular formula is C15H16N2O3. The molecule has 0 radical (unpaired) electrons. The van der Waals surface area contributed by atoms with Crippen molar-refractivity contribution in [3.63, 3.8) is 0 Å². The Hall–Kier alpha value is -2.27. The SMILES string of the molecule is CNC(c1ccc2c(c1)C(=O)NCCO2)c1ccco1. The van der Waals surface area contributed by atoms with Crippen LogP contribution >= 0.6 is 0 Å². The summed E-state index contributed by atoms with van der Waals surface area (Å²) in [7, 11) is 1.86. The highest BCUT2D eigenvalue weighted by Crippen LogP contribution is 2.28. The van der Waals surface area contributed by atoms with E-state index in [9.17, 15) is 4.79 Å². The Morgan fingerprint density at radius 1 is 1.35 bits per heavy atom. The maximum atomic E-state index is 12.0. The highest BCUT2D eigenvalue weighted by atomic mass is 16.5. The summed E-state index contributed by atoms with van der Waals surface area (Å²) in [6.45, 7) is 1.02. The summed E-state index contributed by atoms with van der Waals surface area (Å²) < 4.78 is 11.0. The second-order valence-electron chi connectivity index (χ2n) is 4.60. The van der Waals surface area contributed by atoms with E-state index in [4.69, 9.17) is 9.15 Å². The molecule has 0 fully saturated rings. The van der Waals surface area contributed by atoms with E-state index >= 15 is 0 Å². The van der Waals surface area contributed by atoms with E-state index in [1.54, 1.807) is 6.26 Å². The molecule has 1 amide bonds. The van der Waals surface area contributed by atoms with Gasteiger partial charge in [-0.05, 0) is 36.9 Å². The average molecular weight is 272 g/mol. The second kappa shape index (κ2) is 5.38. The van der Waals surface area contributed by atoms with E-state index in [-0.39, 0.29) is 11.9 Å². The van der Waals surface area contributed by atoms with Crippen molar-refractivity contribution >= 4 is 5.91 Å². The molecule has 2 N–H and O–H groups in total. The van der Waals surface area contributed by atoms with Gasteiger partial charge in [-0.1, -0.05) is 6.07 Å². The van der Waals surface area contributed by atoms with Crippen molar-refractivity contribution in [1.82, 2.24) is 10.6 Å². The lowest BCUT2D eigenvalue weighted by molar-refractivity contribution is 0.0957. The van der Waals surface area contributed by atoms with Crippen LogP contribution in [0.3, 0.4) is 0 Å². The average Bonchev–Trinajstić information content (AvgIpc) is 2.92. The van der Waals surface area contributed by atoms with Crippen molar-refractivity contribution in [3.05, 3.63) is 53.5 Å². The molecule has 20 heavy (non-hydrogen) atoms. The van der Waals surface area contributed by atoms with E-state index < -0.39 is 0 Å². The first-order chi connectivity index (χ1) is 9.79. The maximum absolute atomic E-state index is 12.0. The summed E-state index contributed by atoms with van der Waals surface area (Å²) >= 11 is 0. The second-order valence-corrected chi connectivity index (χ2v) is 4.60. The van der Waals surface area contributed by atoms with Gasteiger partial charge in [-0.25, -0.2) is 0 Å². The van der Waals surface area contributed by atoms with Crippen molar-refractivity contribution in [2.75, 3.05) is 20.2 Å². The summed E-state index contributed by atoms with van der Waals surface area (Å²) in [5.41, 5.74) is 1.52. The van der Waals surface area contributed by atoms with Gasteiger partial charge in [-0.2, -0.15) is 0 Å². The van der Waals surface area contributed by atoms with Crippen molar-refractivity contribution in [2.24, 2.45) is 0 Å². The molecule has 1 aromatic heterocycles. The zero-order valence-electron chi connectivity index (χ0n) is 11.2. The standard InChI is InChI=1S/C15H16N2O3/c1-16-14(13-3-2-7-19-13)10-4-5-12-11(9-10)15(18)17-6-8-20-12/h2-5,7,9,14,16H,6,8H2,1H3,(H,17,18). The Morgan fingerprint density at radius 2 is 2.25 bits per heavy atom. The molecule has 1 aromatic carbocycles. The van der Waals surface area contributed by atoms with Crippen LogP contribution in [0.5, 0.6) is 5.75 Å². The number of furan rings is 1. The van der Waals surface area contributed by atoms with Gasteiger partial charge >= 0.3 is 0 Å². The lowest BCUT2D eigenvalue weighted by Crippen LogP contribution is -2.24. The Balaban J connectivity index is 2.00. The van der Waals surface area contributed by atoms with E-state index in [1.807, 2.05) is 37.4 Å². The van der Waals surface area contributed by atoms with E-state index in [1.165, 1.54) is 0 Å². The summed E-state index contributed by atoms with van der Waals surface area (Å²) in [6, 6.07) is 9.29. The molecule has 1 atom stereocenters. The predicted octanol–water partition coefficient (Wildman–Crippen LogP) is 1.71. The maximum Gasteiger partial charge on any atom is 0.255 e. The number of carbonyl (C=O) groups is 1. The molecule has 0 saturated heterocycles. The normalized spacial score (nSPS) is 15.8. The number of hydrogen-bond acceptors (Lipinski definition) is 4. The monoisotopic (exact) mass is 272 g/mol. The van der Waals surface area contributed by atoms with Gasteiger partial charge in [0.05, 0.1) is 24.4 Å². The van der Waals surface area contributed by atoms with Gasteiger partial charge in [0, 0.05) is 0 Å². The molecule has 0 bridgehead atoms. The van der Waals surface area contributed by atoms with Gasteiger partial charge in [0.15, 0.2) is 0 Å². The lowest BCUT2D eigenvalue weighted by Gasteiger charge is -2.16. The number of ether oxygens (including phenoxy) is 1. The number of benzene rings is 1. The van der Waals surface area contributed by atoms with Crippen molar-refractivity contribution in [3.8, 4) is 5.75 Å². The first kappa shape index (κ1) is 12.7. The third-order valence-electron chi connectivity index (χ3n) is 3.34. The number of nitrogens with one attached hydrogen (secondary N) is 2. The molecule has 5 heteroatoms. The van der Waals surface area contributed by atoms with Crippen LogP contribution in [0.1, 0.15) is 27.7 Å². The number of amides is 1. The number of carbonyl (C=O) groups excluding carboxylic acids is 1. The van der Waals surface area contributed by atoms with Crippen molar-refractivity contribution in [2.45, 2.75) is 6.04 Å². The van der Waals surface area contributed by atoms with Crippen LogP contribution < -0.4 is 15.4 Å². The molecule has 3 rings (SSSR count). The molecule has 2 heterocycles. The van der Waals surface area contributed by atoms with Crippen LogP contribution in [0.15, 0.2) is 41.0 Å². The fourth-order valence-electron chi connectivity index (χ4n) is 2.38. The highest BCUT2D eigenvalue weighted by Gasteiger charge is 2.21. The van der Waals surface area contributed by atoms with Crippen LogP contribution in [0, 0.1) is 0 Å². The highest BCUT2D eigenvalue weighted by molar-refractivity contribution is 5.97. The van der Waals surface area contributed by atoms with Gasteiger partial charge in [0.25, 0.3) is 5.91 Å². The first-order valence-electron chi connectivity index (χ1n) is 6.55. The smallest absolute Gasteiger partial charge is 0.255 e. The Labute approximate surface area is 116 Å². The molecule has 1 aliphatic heterocycles. The van der Waals surface area contributed by atoms with Gasteiger partial charge < -0.3 is 19.8 Å². The van der Waals surface area contributed by atoms with Crippen LogP contribution in [-0.2, 0) is 0 Å². The summed E-state index contributed by atoms with van der Waals surface area (Å²) in [6.07, 6.45) is 1.64. The van der Waals surface area contributed by atoms with E-state index in [0.717, 1.165) is 11.3 Å². The molecule has 104 valence electrons. The van der Waals surface area contributed by atoms with Crippen LogP contribution in [0.2, 0.25) is 0 Å². The van der Waals surface area contributed by atoms with Crippen molar-refractivity contribution < 1.29 is 13.9 Å². The topological polar surface area (TPSA) is 63.5 Å². The fraction of sp³-hybridized carbons (Fsp3) is 0.267. The third-order valence-corrected chi connectivity index (χ3v) is 3.34. The Bertz CT molecular complexity index is 608. The lowest BCUT2D eigenvalue weighted by atomic mass is 10.0. The molecular weight excluding hydrogens is 256 g/mol. The van der Waals surface area contributed by atoms with E-state index in [0.29, 0.717) is 24.5 Å². The molecule has 0 spiro atoms. The van der Waals surface area contributed by atoms with Crippen LogP contribution in [0.25, 0.3) is 0 Å². The van der Waals surface area contributed by atoms with E-state index in [2.05, 4.69) is 10.6 Å². The van der Waals surface area contributed by atoms with Crippen molar-refractivity contribution in [1.29, 1.82) is 0 Å². The minimum Gasteiger partial charge on any atom is -0.491 e. The zero-order chi connectivity index (χ0) is 13.9. The molecule has 5 nitrogen and oxygen atoms in total. The zero-order valence-corrected chi connectivity index (χ0v) is 11.2. The number of fused-ring (bicyclic) bond motifs is 1. The van der Waals surface area contributed by atoms with Gasteiger partial charge in [-0.3, -0.25) is 4.79 Å². The molecule has 0 saturated carbocycles. The first-order valence-corrected chi connectivity index (χ1v) is 6.55. The quantitative estimate of drug-likeness (QED) is 0.893. The molecule has 1 aliphatic rings. The van der Waals surface area contributed by atoms with Gasteiger partial charge in [0.2, 0.25) is 0 Å². The van der Waals surface area contributed by atoms with Crippen LogP contribution in [-0.4, -0.2) is 26.1 Å². The largest absolute Gasteiger partial charge is 0.491 e. The Morgan fingerprint density at radius 3 is 3.00 bits per heavy atom. The summed E-state index contributed by atoms with van der Waals surface area (Å²) in [4.78, 5) is 12.0. The summed E-state index contributed by atoms with van der Waals surface area (Å²) in [5.74, 6) is 1.33. The number of rotatable bonds is 3. The molecule has 0 aliphatic carbocycles. The molecule has 1 unspecified atom stereocenters. The van der Waals surface area contributed by atoms with Gasteiger partial charge in [-0.15, -0.1) is 0 Å². The minimum absolute atomic E-state index is 0.0913. The third kappa shape index (κ3) is 2.28. The minimum atomic E-state index is -0.103. The molecule has 2 aromatic rings. The predicted molar refractivity (Wildman–Crippen MR) is 73.9 cm³/mol. The number of hydrogen-bond donors (Lipinski definition) is 2. The van der Waals surface area contributed by atoms with Gasteiger partial charge in [0.1, 0.15) is 18.1 Å². The Kier molecular flexibility index (Phi) is 3.43. The van der Waals surface area contributed by atoms with Crippen LogP contribution in [0.4, 0.5) is 0 Å².